The molecular formula is C30H26SiTi. The molecule has 4 aromatic carbocycles. The Morgan fingerprint density at radius 3 is 1.34 bits per heavy atom. The third kappa shape index (κ3) is 3.51. The van der Waals surface area contributed by atoms with Crippen LogP contribution in [-0.4, -0.2) is 6.19 Å². The average Bonchev–Trinajstić information content (AvgIpc) is 3.48. The molecule has 0 amide bonds. The van der Waals surface area contributed by atoms with Gasteiger partial charge in [-0.05, 0) is 0 Å². The molecule has 0 N–H and O–H groups in total. The Balaban J connectivity index is 1.67. The Morgan fingerprint density at radius 1 is 0.469 bits per heavy atom. The van der Waals surface area contributed by atoms with Crippen LogP contribution in [0.3, 0.4) is 0 Å². The van der Waals surface area contributed by atoms with Crippen molar-refractivity contribution >= 4 is 28.7 Å². The molecule has 32 heavy (non-hydrogen) atoms. The molecule has 0 heterocycles. The van der Waals surface area contributed by atoms with Crippen molar-refractivity contribution in [3.05, 3.63) is 144 Å². The minimum atomic E-state index is -2.42. The predicted molar refractivity (Wildman–Crippen MR) is 137 cm³/mol. The van der Waals surface area contributed by atoms with Gasteiger partial charge in [-0.3, -0.25) is 0 Å². The summed E-state index contributed by atoms with van der Waals surface area (Å²) in [5, 5.41) is 3.17. The summed E-state index contributed by atoms with van der Waals surface area (Å²) in [5.74, 6) is 0. The van der Waals surface area contributed by atoms with Gasteiger partial charge in [0.05, 0.1) is 0 Å². The maximum absolute atomic E-state index is 2.57. The number of allylic oxidation sites excluding steroid dienone is 2. The van der Waals surface area contributed by atoms with Crippen LogP contribution >= 0.6 is 0 Å². The van der Waals surface area contributed by atoms with Crippen LogP contribution in [0.4, 0.5) is 0 Å². The van der Waals surface area contributed by atoms with Gasteiger partial charge in [0.25, 0.3) is 0 Å². The van der Waals surface area contributed by atoms with Crippen molar-refractivity contribution in [1.82, 2.24) is 0 Å². The summed E-state index contributed by atoms with van der Waals surface area (Å²) >= 11 is -2.42. The third-order valence-electron chi connectivity index (χ3n) is 7.41. The topological polar surface area (TPSA) is 0 Å². The molecule has 2 aliphatic rings. The molecule has 0 fully saturated rings. The molecule has 4 aromatic rings. The second kappa shape index (κ2) is 8.67. The van der Waals surface area contributed by atoms with Gasteiger partial charge in [0.15, 0.2) is 0 Å². The fourth-order valence-electron chi connectivity index (χ4n) is 6.04. The van der Waals surface area contributed by atoms with Crippen LogP contribution in [0.15, 0.2) is 121 Å². The Kier molecular flexibility index (Phi) is 5.40. The van der Waals surface area contributed by atoms with Gasteiger partial charge in [-0.25, -0.2) is 0 Å². The molecule has 0 radical (unpaired) electrons. The summed E-state index contributed by atoms with van der Waals surface area (Å²) in [6.07, 6.45) is 9.03. The molecule has 0 spiro atoms. The van der Waals surface area contributed by atoms with E-state index >= 15 is 0 Å². The van der Waals surface area contributed by atoms with Crippen molar-refractivity contribution < 1.29 is 16.6 Å². The predicted octanol–water partition coefficient (Wildman–Crippen LogP) is 5.41. The molecule has 0 saturated heterocycles. The van der Waals surface area contributed by atoms with Crippen molar-refractivity contribution in [2.24, 2.45) is 0 Å². The summed E-state index contributed by atoms with van der Waals surface area (Å²) in [5.41, 5.74) is 5.99. The van der Waals surface area contributed by atoms with Gasteiger partial charge in [0.1, 0.15) is 0 Å². The first-order valence-electron chi connectivity index (χ1n) is 11.6. The van der Waals surface area contributed by atoms with E-state index in [9.17, 15) is 0 Å². The second-order valence-electron chi connectivity index (χ2n) is 9.04. The zero-order valence-corrected chi connectivity index (χ0v) is 21.3. The molecule has 6 rings (SSSR count). The summed E-state index contributed by atoms with van der Waals surface area (Å²) in [6.45, 7) is 0. The molecule has 2 atom stereocenters. The first kappa shape index (κ1) is 19.9. The SMILES string of the molecule is C1=C[CH]([TiH2]([CH]2C=Cc3ccccc32)=[Si](c2ccccc2)c2ccccc2)c2ccccc21. The first-order valence-corrected chi connectivity index (χ1v) is 19.2. The average molecular weight is 462 g/mol. The van der Waals surface area contributed by atoms with E-state index in [1.54, 1.807) is 21.5 Å². The molecule has 0 nitrogen and oxygen atoms in total. The monoisotopic (exact) mass is 462 g/mol. The molecule has 2 unspecified atom stereocenters. The Labute approximate surface area is 196 Å². The number of hydrogen-bond donors (Lipinski definition) is 0. The van der Waals surface area contributed by atoms with E-state index in [1.807, 2.05) is 0 Å². The van der Waals surface area contributed by atoms with E-state index in [2.05, 4.69) is 133 Å². The van der Waals surface area contributed by atoms with Crippen molar-refractivity contribution in [2.75, 3.05) is 0 Å². The number of benzene rings is 4. The number of rotatable bonds is 4. The summed E-state index contributed by atoms with van der Waals surface area (Å²) in [4.78, 5) is 0. The molecule has 0 aliphatic heterocycles. The zero-order valence-electron chi connectivity index (χ0n) is 18.1. The molecular weight excluding hydrogens is 436 g/mol. The normalized spacial score (nSPS) is 18.0. The van der Waals surface area contributed by atoms with Crippen molar-refractivity contribution in [1.29, 1.82) is 0 Å². The van der Waals surface area contributed by atoms with E-state index in [-0.39, 0.29) is 0 Å². The van der Waals surface area contributed by atoms with Gasteiger partial charge in [-0.15, -0.1) is 0 Å². The van der Waals surface area contributed by atoms with Crippen molar-refractivity contribution in [3.63, 3.8) is 0 Å². The molecule has 2 aliphatic carbocycles. The van der Waals surface area contributed by atoms with Crippen molar-refractivity contribution in [3.8, 4) is 0 Å². The van der Waals surface area contributed by atoms with Gasteiger partial charge >= 0.3 is 197 Å². The maximum atomic E-state index is 2.57. The third-order valence-corrected chi connectivity index (χ3v) is 26.7. The number of fused-ring (bicyclic) bond motifs is 2. The quantitative estimate of drug-likeness (QED) is 0.356. The fraction of sp³-hybridized carbons (Fsp3) is 0.0667. The molecule has 0 saturated carbocycles. The van der Waals surface area contributed by atoms with E-state index in [0.717, 1.165) is 0 Å². The van der Waals surface area contributed by atoms with Gasteiger partial charge < -0.3 is 0 Å². The molecule has 154 valence electrons. The van der Waals surface area contributed by atoms with Gasteiger partial charge in [0.2, 0.25) is 0 Å². The summed E-state index contributed by atoms with van der Waals surface area (Å²) in [6, 6.07) is 41.1. The fourth-order valence-corrected chi connectivity index (χ4v) is 27.9. The second-order valence-corrected chi connectivity index (χ2v) is 22.6. The van der Waals surface area contributed by atoms with Gasteiger partial charge in [0, 0.05) is 0 Å². The zero-order chi connectivity index (χ0) is 21.3. The summed E-state index contributed by atoms with van der Waals surface area (Å²) in [7, 11) is 0. The van der Waals surface area contributed by atoms with Crippen LogP contribution in [0.1, 0.15) is 30.7 Å². The Morgan fingerprint density at radius 2 is 0.875 bits per heavy atom. The van der Waals surface area contributed by atoms with Crippen LogP contribution in [0.25, 0.3) is 12.2 Å². The molecule has 0 bridgehead atoms. The molecule has 2 heteroatoms. The van der Waals surface area contributed by atoms with Gasteiger partial charge in [-0.2, -0.15) is 0 Å². The first-order chi connectivity index (χ1) is 15.9. The minimum absolute atomic E-state index is 0.612. The number of hydrogen-bond acceptors (Lipinski definition) is 0. The molecule has 0 aromatic heterocycles. The summed E-state index contributed by atoms with van der Waals surface area (Å²) < 4.78 is 1.22. The van der Waals surface area contributed by atoms with Crippen LogP contribution in [0.5, 0.6) is 0 Å². The van der Waals surface area contributed by atoms with Crippen LogP contribution in [-0.2, 0) is 16.6 Å². The van der Waals surface area contributed by atoms with E-state index in [4.69, 9.17) is 0 Å². The van der Waals surface area contributed by atoms with Crippen LogP contribution in [0.2, 0.25) is 0 Å². The Hall–Kier alpha value is -2.71. The van der Waals surface area contributed by atoms with Gasteiger partial charge in [-0.1, -0.05) is 0 Å². The van der Waals surface area contributed by atoms with E-state index < -0.39 is 22.8 Å². The van der Waals surface area contributed by atoms with Crippen molar-refractivity contribution in [2.45, 2.75) is 8.45 Å². The van der Waals surface area contributed by atoms with Crippen LogP contribution < -0.4 is 10.4 Å². The standard InChI is InChI=1S/C12H10Si.2C9H7.Ti.2H/c1-3-7-11(8-4-1)13-12-9-5-2-6-10-12;2*1-2-5-9-7-3-6-8(9)4-1;;;/h1-10H;2*1-7H;;;. The van der Waals surface area contributed by atoms with Crippen LogP contribution in [0, 0.1) is 0 Å². The Bertz CT molecular complexity index is 1260. The van der Waals surface area contributed by atoms with E-state index in [1.165, 1.54) is 11.1 Å². The van der Waals surface area contributed by atoms with E-state index in [0.29, 0.717) is 8.45 Å².